The van der Waals surface area contributed by atoms with Crippen LogP contribution in [0.25, 0.3) is 10.9 Å². The van der Waals surface area contributed by atoms with Crippen LogP contribution in [0.3, 0.4) is 0 Å². The van der Waals surface area contributed by atoms with E-state index in [-0.39, 0.29) is 0 Å². The van der Waals surface area contributed by atoms with Crippen LogP contribution in [0.5, 0.6) is 0 Å². The quantitative estimate of drug-likeness (QED) is 0.849. The highest BCUT2D eigenvalue weighted by Crippen LogP contribution is 2.34. The van der Waals surface area contributed by atoms with Crippen LogP contribution in [0, 0.1) is 0 Å². The van der Waals surface area contributed by atoms with E-state index in [9.17, 15) is 0 Å². The van der Waals surface area contributed by atoms with E-state index in [4.69, 9.17) is 4.98 Å². The van der Waals surface area contributed by atoms with E-state index >= 15 is 0 Å². The Balaban J connectivity index is 2.40. The summed E-state index contributed by atoms with van der Waals surface area (Å²) in [5, 5.41) is 4.67. The third kappa shape index (κ3) is 1.51. The second kappa shape index (κ2) is 4.02. The summed E-state index contributed by atoms with van der Waals surface area (Å²) >= 11 is 0. The van der Waals surface area contributed by atoms with Crippen LogP contribution >= 0.6 is 0 Å². The van der Waals surface area contributed by atoms with Crippen LogP contribution in [0.1, 0.15) is 30.2 Å². The highest BCUT2D eigenvalue weighted by Gasteiger charge is 2.19. The molecule has 2 nitrogen and oxygen atoms in total. The first kappa shape index (κ1) is 10.6. The van der Waals surface area contributed by atoms with Gasteiger partial charge in [0.25, 0.3) is 0 Å². The first-order chi connectivity index (χ1) is 8.35. The van der Waals surface area contributed by atoms with Crippen LogP contribution in [-0.2, 0) is 19.3 Å². The second-order valence-corrected chi connectivity index (χ2v) is 4.68. The number of fused-ring (bicyclic) bond motifs is 2. The van der Waals surface area contributed by atoms with Crippen molar-refractivity contribution in [3.8, 4) is 0 Å². The molecule has 1 heterocycles. The van der Waals surface area contributed by atoms with Crippen molar-refractivity contribution in [2.24, 2.45) is 0 Å². The normalized spacial score (nSPS) is 14.0. The Morgan fingerprint density at radius 2 is 2.18 bits per heavy atom. The predicted octanol–water partition coefficient (Wildman–Crippen LogP) is 3.33. The van der Waals surface area contributed by atoms with Crippen LogP contribution < -0.4 is 5.32 Å². The van der Waals surface area contributed by atoms with E-state index in [1.807, 2.05) is 7.05 Å². The molecule has 0 amide bonds. The fraction of sp³-hybridized carbons (Fsp3) is 0.400. The summed E-state index contributed by atoms with van der Waals surface area (Å²) in [4.78, 5) is 4.90. The standard InChI is InChI=1S/C15H18N2/c1-3-10-6-4-8-12-14(10)17-13-9-5-7-11(13)15(12)16-2/h4,6,8H,3,5,7,9H2,1-2H3,(H,16,17). The molecule has 1 N–H and O–H groups in total. The molecule has 2 heteroatoms. The van der Waals surface area contributed by atoms with Gasteiger partial charge in [-0.2, -0.15) is 0 Å². The average molecular weight is 226 g/mol. The molecule has 0 atom stereocenters. The van der Waals surface area contributed by atoms with Crippen LogP contribution in [-0.4, -0.2) is 12.0 Å². The number of nitrogens with one attached hydrogen (secondary N) is 1. The minimum absolute atomic E-state index is 1.05. The monoisotopic (exact) mass is 226 g/mol. The van der Waals surface area contributed by atoms with Crippen molar-refractivity contribution in [3.05, 3.63) is 35.0 Å². The maximum Gasteiger partial charge on any atom is 0.0758 e. The van der Waals surface area contributed by atoms with Gasteiger partial charge in [-0.1, -0.05) is 25.1 Å². The first-order valence-corrected chi connectivity index (χ1v) is 6.46. The Morgan fingerprint density at radius 1 is 1.29 bits per heavy atom. The van der Waals surface area contributed by atoms with E-state index in [0.717, 1.165) is 12.8 Å². The molecule has 0 saturated heterocycles. The zero-order chi connectivity index (χ0) is 11.8. The van der Waals surface area contributed by atoms with Crippen molar-refractivity contribution >= 4 is 16.6 Å². The molecule has 0 radical (unpaired) electrons. The number of pyridine rings is 1. The lowest BCUT2D eigenvalue weighted by atomic mass is 10.0. The van der Waals surface area contributed by atoms with Crippen LogP contribution in [0.4, 0.5) is 5.69 Å². The van der Waals surface area contributed by atoms with Gasteiger partial charge in [-0.15, -0.1) is 0 Å². The number of anilines is 1. The lowest BCUT2D eigenvalue weighted by molar-refractivity contribution is 0.901. The van der Waals surface area contributed by atoms with Gasteiger partial charge in [0, 0.05) is 23.8 Å². The topological polar surface area (TPSA) is 24.9 Å². The minimum atomic E-state index is 1.05. The molecule has 88 valence electrons. The van der Waals surface area contributed by atoms with Crippen molar-refractivity contribution in [2.45, 2.75) is 32.6 Å². The molecule has 0 spiro atoms. The van der Waals surface area contributed by atoms with E-state index in [1.165, 1.54) is 46.3 Å². The molecule has 2 aromatic rings. The number of nitrogens with zero attached hydrogens (tertiary/aromatic N) is 1. The molecule has 3 rings (SSSR count). The maximum atomic E-state index is 4.90. The van der Waals surface area contributed by atoms with Gasteiger partial charge in [0.05, 0.1) is 5.52 Å². The van der Waals surface area contributed by atoms with Crippen LogP contribution in [0.15, 0.2) is 18.2 Å². The first-order valence-electron chi connectivity index (χ1n) is 6.46. The summed E-state index contributed by atoms with van der Waals surface area (Å²) in [6, 6.07) is 6.52. The van der Waals surface area contributed by atoms with Crippen molar-refractivity contribution < 1.29 is 0 Å². The summed E-state index contributed by atoms with van der Waals surface area (Å²) in [6.07, 6.45) is 4.60. The highest BCUT2D eigenvalue weighted by atomic mass is 14.9. The summed E-state index contributed by atoms with van der Waals surface area (Å²) in [5.41, 5.74) is 6.60. The van der Waals surface area contributed by atoms with Crippen molar-refractivity contribution in [2.75, 3.05) is 12.4 Å². The van der Waals surface area contributed by atoms with E-state index in [0.29, 0.717) is 0 Å². The molecule has 1 aliphatic rings. The lowest BCUT2D eigenvalue weighted by Crippen LogP contribution is -2.00. The molecule has 1 aromatic heterocycles. The Kier molecular flexibility index (Phi) is 2.50. The molecule has 1 aliphatic carbocycles. The molecule has 0 fully saturated rings. The van der Waals surface area contributed by atoms with E-state index in [2.05, 4.69) is 30.4 Å². The molecule has 0 saturated carbocycles. The minimum Gasteiger partial charge on any atom is -0.387 e. The summed E-state index contributed by atoms with van der Waals surface area (Å²) in [6.45, 7) is 2.20. The third-order valence-corrected chi connectivity index (χ3v) is 3.76. The Hall–Kier alpha value is -1.57. The SMILES string of the molecule is CCc1cccc2c(NC)c3c(nc12)CCC3. The fourth-order valence-electron chi connectivity index (χ4n) is 2.91. The zero-order valence-corrected chi connectivity index (χ0v) is 10.5. The molecule has 0 aliphatic heterocycles. The number of aryl methyl sites for hydroxylation is 2. The number of hydrogen-bond donors (Lipinski definition) is 1. The number of hydrogen-bond acceptors (Lipinski definition) is 2. The number of para-hydroxylation sites is 1. The van der Waals surface area contributed by atoms with E-state index in [1.54, 1.807) is 0 Å². The van der Waals surface area contributed by atoms with Crippen molar-refractivity contribution in [3.63, 3.8) is 0 Å². The van der Waals surface area contributed by atoms with Gasteiger partial charge in [-0.25, -0.2) is 0 Å². The van der Waals surface area contributed by atoms with Gasteiger partial charge in [-0.3, -0.25) is 4.98 Å². The van der Waals surface area contributed by atoms with Gasteiger partial charge in [0.15, 0.2) is 0 Å². The molecule has 17 heavy (non-hydrogen) atoms. The van der Waals surface area contributed by atoms with Gasteiger partial charge in [-0.05, 0) is 36.8 Å². The second-order valence-electron chi connectivity index (χ2n) is 4.68. The van der Waals surface area contributed by atoms with Crippen molar-refractivity contribution in [1.82, 2.24) is 4.98 Å². The smallest absolute Gasteiger partial charge is 0.0758 e. The van der Waals surface area contributed by atoms with Gasteiger partial charge in [0.1, 0.15) is 0 Å². The van der Waals surface area contributed by atoms with Crippen molar-refractivity contribution in [1.29, 1.82) is 0 Å². The molecule has 0 bridgehead atoms. The zero-order valence-electron chi connectivity index (χ0n) is 10.5. The largest absolute Gasteiger partial charge is 0.387 e. The van der Waals surface area contributed by atoms with Gasteiger partial charge in [0.2, 0.25) is 0 Å². The Morgan fingerprint density at radius 3 is 2.94 bits per heavy atom. The van der Waals surface area contributed by atoms with Gasteiger partial charge < -0.3 is 5.32 Å². The molecule has 1 aromatic carbocycles. The number of aromatic nitrogens is 1. The maximum absolute atomic E-state index is 4.90. The van der Waals surface area contributed by atoms with E-state index < -0.39 is 0 Å². The number of rotatable bonds is 2. The summed E-state index contributed by atoms with van der Waals surface area (Å²) in [7, 11) is 2.02. The fourth-order valence-corrected chi connectivity index (χ4v) is 2.91. The number of benzene rings is 1. The van der Waals surface area contributed by atoms with Crippen LogP contribution in [0.2, 0.25) is 0 Å². The molecular formula is C15H18N2. The van der Waals surface area contributed by atoms with Gasteiger partial charge >= 0.3 is 0 Å². The summed E-state index contributed by atoms with van der Waals surface area (Å²) in [5.74, 6) is 0. The molecular weight excluding hydrogens is 208 g/mol. The average Bonchev–Trinajstić information content (AvgIpc) is 2.82. The third-order valence-electron chi connectivity index (χ3n) is 3.76. The Bertz CT molecular complexity index is 573. The highest BCUT2D eigenvalue weighted by molar-refractivity contribution is 5.95. The summed E-state index contributed by atoms with van der Waals surface area (Å²) < 4.78 is 0. The lowest BCUT2D eigenvalue weighted by Gasteiger charge is -2.13. The Labute approximate surface area is 102 Å². The predicted molar refractivity (Wildman–Crippen MR) is 72.7 cm³/mol. The molecule has 0 unspecified atom stereocenters.